The van der Waals surface area contributed by atoms with Crippen molar-refractivity contribution in [1.29, 1.82) is 0 Å². The Bertz CT molecular complexity index is 267. The smallest absolute Gasteiger partial charge is 0.746 e. The minimum absolute atomic E-state index is 0. The summed E-state index contributed by atoms with van der Waals surface area (Å²) in [5, 5.41) is 0. The first-order valence-corrected chi connectivity index (χ1v) is 8.05. The van der Waals surface area contributed by atoms with Crippen LogP contribution in [0, 0.1) is 0 Å². The van der Waals surface area contributed by atoms with Gasteiger partial charge in [-0.2, -0.15) is 0 Å². The van der Waals surface area contributed by atoms with Gasteiger partial charge >= 0.3 is 29.6 Å². The van der Waals surface area contributed by atoms with E-state index in [-0.39, 0.29) is 36.2 Å². The van der Waals surface area contributed by atoms with E-state index in [1.165, 1.54) is 25.7 Å². The predicted octanol–water partition coefficient (Wildman–Crippen LogP) is 0.0389. The summed E-state index contributed by atoms with van der Waals surface area (Å²) in [6.45, 7) is 4.14. The second-order valence-corrected chi connectivity index (χ2v) is 5.80. The van der Waals surface area contributed by atoms with Crippen LogP contribution in [0.1, 0.15) is 65.2 Å². The Labute approximate surface area is 134 Å². The number of ether oxygens (including phenoxy) is 1. The summed E-state index contributed by atoms with van der Waals surface area (Å²) >= 11 is 0. The van der Waals surface area contributed by atoms with E-state index in [1.54, 1.807) is 6.92 Å². The van der Waals surface area contributed by atoms with Gasteiger partial charge in [0.1, 0.15) is 15.6 Å². The van der Waals surface area contributed by atoms with E-state index in [1.807, 2.05) is 0 Å². The Morgan fingerprint density at radius 2 is 1.50 bits per heavy atom. The van der Waals surface area contributed by atoms with Gasteiger partial charge in [0.25, 0.3) is 0 Å². The van der Waals surface area contributed by atoms with E-state index in [0.717, 1.165) is 19.3 Å². The Morgan fingerprint density at radius 1 is 1.00 bits per heavy atom. The number of unbranched alkanes of at least 4 members (excludes halogenated alkanes) is 6. The molecule has 18 heavy (non-hydrogen) atoms. The van der Waals surface area contributed by atoms with Crippen molar-refractivity contribution < 1.29 is 47.3 Å². The molecule has 0 aromatic heterocycles. The SMILES string of the molecule is CCCCCCCCCC(OCC)S(=O)(=O)[O-].[Na+]. The molecule has 0 heterocycles. The minimum atomic E-state index is -4.30. The maximum Gasteiger partial charge on any atom is 1.00 e. The Hall–Kier alpha value is 0.870. The third-order valence-electron chi connectivity index (χ3n) is 2.72. The normalized spacial score (nSPS) is 13.1. The number of hydrogen-bond acceptors (Lipinski definition) is 4. The van der Waals surface area contributed by atoms with Crippen molar-refractivity contribution in [2.24, 2.45) is 0 Å². The average Bonchev–Trinajstić information content (AvgIpc) is 2.25. The zero-order chi connectivity index (χ0) is 13.1. The third-order valence-corrected chi connectivity index (χ3v) is 3.73. The number of hydrogen-bond donors (Lipinski definition) is 0. The van der Waals surface area contributed by atoms with Crippen LogP contribution in [0.4, 0.5) is 0 Å². The Balaban J connectivity index is 0. The van der Waals surface area contributed by atoms with Crippen LogP contribution < -0.4 is 29.6 Å². The molecule has 6 heteroatoms. The van der Waals surface area contributed by atoms with Crippen molar-refractivity contribution in [3.05, 3.63) is 0 Å². The third kappa shape index (κ3) is 11.9. The van der Waals surface area contributed by atoms with Crippen LogP contribution >= 0.6 is 0 Å². The maximum atomic E-state index is 10.8. The average molecular weight is 288 g/mol. The summed E-state index contributed by atoms with van der Waals surface area (Å²) in [7, 11) is -4.30. The van der Waals surface area contributed by atoms with E-state index in [9.17, 15) is 13.0 Å². The van der Waals surface area contributed by atoms with Crippen LogP contribution in [0.15, 0.2) is 0 Å². The van der Waals surface area contributed by atoms with Gasteiger partial charge in [-0.3, -0.25) is 0 Å². The summed E-state index contributed by atoms with van der Waals surface area (Å²) in [6.07, 6.45) is 8.08. The van der Waals surface area contributed by atoms with E-state index in [0.29, 0.717) is 6.42 Å². The van der Waals surface area contributed by atoms with E-state index in [4.69, 9.17) is 4.74 Å². The fourth-order valence-electron chi connectivity index (χ4n) is 1.77. The molecule has 0 rings (SSSR count). The van der Waals surface area contributed by atoms with Gasteiger partial charge in [0.15, 0.2) is 0 Å². The molecule has 0 aromatic rings. The zero-order valence-electron chi connectivity index (χ0n) is 12.0. The van der Waals surface area contributed by atoms with Gasteiger partial charge in [-0.1, -0.05) is 45.4 Å². The van der Waals surface area contributed by atoms with Crippen molar-refractivity contribution >= 4 is 10.1 Å². The monoisotopic (exact) mass is 288 g/mol. The molecule has 0 aliphatic heterocycles. The van der Waals surface area contributed by atoms with E-state index in [2.05, 4.69) is 6.92 Å². The van der Waals surface area contributed by atoms with Gasteiger partial charge in [-0.15, -0.1) is 0 Å². The molecule has 1 unspecified atom stereocenters. The second kappa shape index (κ2) is 12.9. The molecule has 0 radical (unpaired) electrons. The molecule has 0 fully saturated rings. The van der Waals surface area contributed by atoms with Gasteiger partial charge in [-0.05, 0) is 19.8 Å². The standard InChI is InChI=1S/C12H26O4S.Na/c1-3-5-6-7-8-9-10-11-12(16-4-2)17(13,14)15;/h12H,3-11H2,1-2H3,(H,13,14,15);/q;+1/p-1. The van der Waals surface area contributed by atoms with Crippen LogP contribution in [-0.2, 0) is 14.9 Å². The van der Waals surface area contributed by atoms with Crippen molar-refractivity contribution in [2.45, 2.75) is 70.7 Å². The molecule has 0 aliphatic rings. The summed E-state index contributed by atoms with van der Waals surface area (Å²) in [5.41, 5.74) is -1.15. The van der Waals surface area contributed by atoms with Crippen LogP contribution in [0.2, 0.25) is 0 Å². The fraction of sp³-hybridized carbons (Fsp3) is 1.00. The first-order chi connectivity index (χ1) is 8.02. The van der Waals surface area contributed by atoms with Gasteiger partial charge < -0.3 is 9.29 Å². The summed E-state index contributed by atoms with van der Waals surface area (Å²) in [5.74, 6) is 0. The summed E-state index contributed by atoms with van der Waals surface area (Å²) < 4.78 is 37.5. The van der Waals surface area contributed by atoms with E-state index < -0.39 is 15.6 Å². The number of rotatable bonds is 11. The van der Waals surface area contributed by atoms with Crippen LogP contribution in [0.25, 0.3) is 0 Å². The largest absolute Gasteiger partial charge is 1.00 e. The first kappa shape index (κ1) is 21.2. The van der Waals surface area contributed by atoms with E-state index >= 15 is 0 Å². The molecule has 1 atom stereocenters. The molecule has 0 spiro atoms. The molecule has 0 N–H and O–H groups in total. The predicted molar refractivity (Wildman–Crippen MR) is 67.7 cm³/mol. The van der Waals surface area contributed by atoms with Gasteiger partial charge in [0.05, 0.1) is 0 Å². The molecular weight excluding hydrogens is 263 g/mol. The molecule has 0 amide bonds. The van der Waals surface area contributed by atoms with Crippen molar-refractivity contribution in [3.8, 4) is 0 Å². The fourth-order valence-corrected chi connectivity index (χ4v) is 2.52. The Kier molecular flexibility index (Phi) is 15.2. The maximum absolute atomic E-state index is 10.8. The van der Waals surface area contributed by atoms with Crippen LogP contribution in [-0.4, -0.2) is 25.0 Å². The summed E-state index contributed by atoms with van der Waals surface area (Å²) in [4.78, 5) is 0. The van der Waals surface area contributed by atoms with Crippen LogP contribution in [0.3, 0.4) is 0 Å². The van der Waals surface area contributed by atoms with Crippen LogP contribution in [0.5, 0.6) is 0 Å². The van der Waals surface area contributed by atoms with Gasteiger partial charge in [0.2, 0.25) is 0 Å². The first-order valence-electron chi connectivity index (χ1n) is 6.58. The molecule has 0 saturated carbocycles. The molecular formula is C12H25NaO4S. The zero-order valence-corrected chi connectivity index (χ0v) is 14.8. The molecule has 4 nitrogen and oxygen atoms in total. The summed E-state index contributed by atoms with van der Waals surface area (Å²) in [6, 6.07) is 0. The molecule has 0 aromatic carbocycles. The van der Waals surface area contributed by atoms with Gasteiger partial charge in [0, 0.05) is 6.61 Å². The molecule has 0 saturated heterocycles. The second-order valence-electron chi connectivity index (χ2n) is 4.29. The minimum Gasteiger partial charge on any atom is -0.746 e. The molecule has 0 bridgehead atoms. The topological polar surface area (TPSA) is 66.4 Å². The molecule has 104 valence electrons. The molecule has 0 aliphatic carbocycles. The van der Waals surface area contributed by atoms with Gasteiger partial charge in [-0.25, -0.2) is 8.42 Å². The van der Waals surface area contributed by atoms with Crippen molar-refractivity contribution in [3.63, 3.8) is 0 Å². The van der Waals surface area contributed by atoms with Crippen molar-refractivity contribution in [2.75, 3.05) is 6.61 Å². The quantitative estimate of drug-likeness (QED) is 0.306. The Morgan fingerprint density at radius 3 is 1.94 bits per heavy atom. The van der Waals surface area contributed by atoms with Crippen molar-refractivity contribution in [1.82, 2.24) is 0 Å².